The lowest BCUT2D eigenvalue weighted by atomic mass is 10.1. The average molecular weight is 245 g/mol. The largest absolute Gasteiger partial charge is 0.478 e. The van der Waals surface area contributed by atoms with Gasteiger partial charge in [0, 0.05) is 5.54 Å². The van der Waals surface area contributed by atoms with Gasteiger partial charge in [-0.3, -0.25) is 0 Å². The molecule has 0 bridgehead atoms. The molecule has 0 heterocycles. The van der Waals surface area contributed by atoms with Gasteiger partial charge in [-0.25, -0.2) is 4.79 Å². The molecule has 3 nitrogen and oxygen atoms in total. The first-order valence-electron chi connectivity index (χ1n) is 5.78. The maximum Gasteiger partial charge on any atom is 0.335 e. The summed E-state index contributed by atoms with van der Waals surface area (Å²) >= 11 is 0. The summed E-state index contributed by atoms with van der Waals surface area (Å²) in [4.78, 5) is 10.6. The van der Waals surface area contributed by atoms with E-state index in [9.17, 15) is 4.79 Å². The highest BCUT2D eigenvalue weighted by molar-refractivity contribution is 5.88. The fourth-order valence-corrected chi connectivity index (χ4v) is 1.31. The second-order valence-electron chi connectivity index (χ2n) is 5.23. The number of carboxylic acid groups (broad SMARTS) is 1. The lowest BCUT2D eigenvalue weighted by molar-refractivity contribution is 0.0697. The molecule has 0 aromatic rings. The number of rotatable bonds is 1. The molecule has 3 N–H and O–H groups in total. The highest BCUT2D eigenvalue weighted by atomic mass is 16.4. The second kappa shape index (κ2) is 5.65. The number of carboxylic acids is 1. The first kappa shape index (κ1) is 14.2. The Balaban J connectivity index is 0.000000280. The van der Waals surface area contributed by atoms with Gasteiger partial charge in [-0.2, -0.15) is 0 Å². The van der Waals surface area contributed by atoms with Gasteiger partial charge in [0.25, 0.3) is 0 Å². The maximum atomic E-state index is 10.6. The van der Waals surface area contributed by atoms with Gasteiger partial charge in [-0.1, -0.05) is 30.3 Å². The molecule has 18 heavy (non-hydrogen) atoms. The number of fused-ring (bicyclic) bond motifs is 1. The van der Waals surface area contributed by atoms with Crippen LogP contribution in [0.4, 0.5) is 0 Å². The maximum absolute atomic E-state index is 10.6. The summed E-state index contributed by atoms with van der Waals surface area (Å²) in [6, 6.07) is 12.7. The van der Waals surface area contributed by atoms with Crippen LogP contribution >= 0.6 is 0 Å². The van der Waals surface area contributed by atoms with Crippen molar-refractivity contribution in [3.8, 4) is 11.1 Å². The number of aromatic carboxylic acids is 1. The van der Waals surface area contributed by atoms with Crippen LogP contribution in [0.25, 0.3) is 11.1 Å². The van der Waals surface area contributed by atoms with Crippen molar-refractivity contribution in [1.29, 1.82) is 0 Å². The van der Waals surface area contributed by atoms with Crippen LogP contribution in [-0.2, 0) is 0 Å². The molecular formula is C15H19NO2. The summed E-state index contributed by atoms with van der Waals surface area (Å²) in [5.74, 6) is -0.891. The van der Waals surface area contributed by atoms with E-state index in [1.54, 1.807) is 12.1 Å². The van der Waals surface area contributed by atoms with Crippen molar-refractivity contribution in [2.24, 2.45) is 5.73 Å². The monoisotopic (exact) mass is 245 g/mol. The minimum absolute atomic E-state index is 0. The molecule has 0 atom stereocenters. The molecule has 0 aromatic carbocycles. The molecule has 0 saturated carbocycles. The van der Waals surface area contributed by atoms with Crippen LogP contribution in [0, 0.1) is 0 Å². The quantitative estimate of drug-likeness (QED) is 0.810. The molecule has 0 radical (unpaired) electrons. The Morgan fingerprint density at radius 1 is 1.00 bits per heavy atom. The predicted molar refractivity (Wildman–Crippen MR) is 74.0 cm³/mol. The van der Waals surface area contributed by atoms with E-state index in [2.05, 4.69) is 0 Å². The number of carbonyl (C=O) groups is 1. The van der Waals surface area contributed by atoms with Crippen molar-refractivity contribution in [2.75, 3.05) is 0 Å². The molecule has 0 unspecified atom stereocenters. The number of hydrogen-bond donors (Lipinski definition) is 2. The van der Waals surface area contributed by atoms with Gasteiger partial charge >= 0.3 is 5.97 Å². The predicted octanol–water partition coefficient (Wildman–Crippen LogP) is 3.23. The van der Waals surface area contributed by atoms with E-state index in [-0.39, 0.29) is 5.54 Å². The Bertz CT molecular complexity index is 464. The van der Waals surface area contributed by atoms with E-state index >= 15 is 0 Å². The summed E-state index contributed by atoms with van der Waals surface area (Å²) in [6.07, 6.45) is 0. The molecular weight excluding hydrogens is 226 g/mol. The van der Waals surface area contributed by atoms with Crippen molar-refractivity contribution >= 4 is 5.97 Å². The summed E-state index contributed by atoms with van der Waals surface area (Å²) in [5, 5.41) is 8.74. The molecule has 96 valence electrons. The molecule has 3 heteroatoms. The molecule has 0 fully saturated rings. The Morgan fingerprint density at radius 2 is 1.39 bits per heavy atom. The molecule has 0 spiro atoms. The third kappa shape index (κ3) is 4.97. The van der Waals surface area contributed by atoms with Crippen LogP contribution in [-0.4, -0.2) is 16.6 Å². The van der Waals surface area contributed by atoms with Crippen molar-refractivity contribution in [3.05, 3.63) is 48.0 Å². The van der Waals surface area contributed by atoms with Gasteiger partial charge in [0.05, 0.1) is 5.56 Å². The van der Waals surface area contributed by atoms with Crippen molar-refractivity contribution in [3.63, 3.8) is 0 Å². The minimum Gasteiger partial charge on any atom is -0.478 e. The van der Waals surface area contributed by atoms with Crippen LogP contribution in [0.1, 0.15) is 31.1 Å². The molecule has 2 aliphatic carbocycles. The normalized spacial score (nSPS) is 10.7. The summed E-state index contributed by atoms with van der Waals surface area (Å²) < 4.78 is 0. The molecule has 0 aliphatic heterocycles. The topological polar surface area (TPSA) is 63.3 Å². The van der Waals surface area contributed by atoms with E-state index in [4.69, 9.17) is 10.8 Å². The first-order valence-corrected chi connectivity index (χ1v) is 5.78. The van der Waals surface area contributed by atoms with Crippen LogP contribution in [0.5, 0.6) is 0 Å². The van der Waals surface area contributed by atoms with Gasteiger partial charge in [-0.15, -0.1) is 0 Å². The van der Waals surface area contributed by atoms with E-state index in [1.807, 2.05) is 51.1 Å². The van der Waals surface area contributed by atoms with Crippen LogP contribution in [0.15, 0.2) is 42.5 Å². The summed E-state index contributed by atoms with van der Waals surface area (Å²) in [7, 11) is 0. The van der Waals surface area contributed by atoms with Crippen LogP contribution in [0.2, 0.25) is 0 Å². The zero-order chi connectivity index (χ0) is 13.8. The highest BCUT2D eigenvalue weighted by Crippen LogP contribution is 2.21. The third-order valence-corrected chi connectivity index (χ3v) is 2.02. The molecule has 0 saturated heterocycles. The van der Waals surface area contributed by atoms with Crippen molar-refractivity contribution in [2.45, 2.75) is 26.3 Å². The Kier molecular flexibility index (Phi) is 4.45. The SMILES string of the molecule is CC(C)(C)N.O=C(O)c1ccc2cccc-2cc1. The molecule has 2 rings (SSSR count). The lowest BCUT2D eigenvalue weighted by Crippen LogP contribution is -2.26. The average Bonchev–Trinajstić information content (AvgIpc) is 2.54. The van der Waals surface area contributed by atoms with Crippen LogP contribution < -0.4 is 5.73 Å². The van der Waals surface area contributed by atoms with Gasteiger partial charge in [0.2, 0.25) is 0 Å². The Morgan fingerprint density at radius 3 is 1.72 bits per heavy atom. The van der Waals surface area contributed by atoms with Gasteiger partial charge in [0.15, 0.2) is 0 Å². The lowest BCUT2D eigenvalue weighted by Gasteiger charge is -2.06. The minimum atomic E-state index is -0.891. The van der Waals surface area contributed by atoms with E-state index in [0.717, 1.165) is 11.1 Å². The first-order chi connectivity index (χ1) is 8.27. The third-order valence-electron chi connectivity index (χ3n) is 2.02. The number of nitrogens with two attached hydrogens (primary N) is 1. The standard InChI is InChI=1S/C11H8O2.C4H11N/c12-11(13)10-6-4-8-2-1-3-9(8)5-7-10;1-4(2,3)5/h1-7H,(H,12,13);5H2,1-3H3. The summed E-state index contributed by atoms with van der Waals surface area (Å²) in [5.41, 5.74) is 7.80. The second-order valence-corrected chi connectivity index (χ2v) is 5.23. The van der Waals surface area contributed by atoms with Crippen molar-refractivity contribution < 1.29 is 9.90 Å². The zero-order valence-electron chi connectivity index (χ0n) is 11.0. The van der Waals surface area contributed by atoms with Gasteiger partial charge < -0.3 is 10.8 Å². The van der Waals surface area contributed by atoms with E-state index in [1.165, 1.54) is 0 Å². The van der Waals surface area contributed by atoms with E-state index in [0.29, 0.717) is 5.56 Å². The smallest absolute Gasteiger partial charge is 0.335 e. The molecule has 0 aromatic heterocycles. The highest BCUT2D eigenvalue weighted by Gasteiger charge is 2.02. The molecule has 2 aliphatic rings. The fraction of sp³-hybridized carbons (Fsp3) is 0.267. The van der Waals surface area contributed by atoms with E-state index < -0.39 is 5.97 Å². The van der Waals surface area contributed by atoms with Crippen LogP contribution in [0.3, 0.4) is 0 Å². The zero-order valence-corrected chi connectivity index (χ0v) is 11.0. The Hall–Kier alpha value is -1.87. The summed E-state index contributed by atoms with van der Waals surface area (Å²) in [6.45, 7) is 5.90. The van der Waals surface area contributed by atoms with Gasteiger partial charge in [0.1, 0.15) is 0 Å². The fourth-order valence-electron chi connectivity index (χ4n) is 1.31. The van der Waals surface area contributed by atoms with Crippen molar-refractivity contribution in [1.82, 2.24) is 0 Å². The van der Waals surface area contributed by atoms with Gasteiger partial charge in [-0.05, 0) is 44.0 Å². The number of hydrogen-bond acceptors (Lipinski definition) is 2. The molecule has 0 amide bonds. The Labute approximate surface area is 108 Å².